The number of carbonyl (C=O) groups is 2. The number of rotatable bonds is 5. The Balaban J connectivity index is 1.32. The molecule has 0 aliphatic rings. The van der Waals surface area contributed by atoms with Crippen LogP contribution in [0, 0.1) is 6.92 Å². The Kier molecular flexibility index (Phi) is 4.62. The number of carbonyl (C=O) groups excluding carboxylic acids is 2. The number of benzene rings is 1. The third-order valence-electron chi connectivity index (χ3n) is 4.00. The van der Waals surface area contributed by atoms with Gasteiger partial charge in [-0.1, -0.05) is 0 Å². The van der Waals surface area contributed by atoms with Crippen LogP contribution in [-0.2, 0) is 9.59 Å². The Labute approximate surface area is 162 Å². The Morgan fingerprint density at radius 1 is 1.04 bits per heavy atom. The summed E-state index contributed by atoms with van der Waals surface area (Å²) in [7, 11) is 0. The van der Waals surface area contributed by atoms with Gasteiger partial charge in [0.15, 0.2) is 5.65 Å². The van der Waals surface area contributed by atoms with Crippen molar-refractivity contribution in [2.45, 2.75) is 19.8 Å². The third-order valence-corrected chi connectivity index (χ3v) is 4.93. The summed E-state index contributed by atoms with van der Waals surface area (Å²) in [6, 6.07) is 8.73. The van der Waals surface area contributed by atoms with Gasteiger partial charge in [0.2, 0.25) is 11.8 Å². The van der Waals surface area contributed by atoms with Crippen molar-refractivity contribution in [3.8, 4) is 0 Å². The molecule has 4 rings (SSSR count). The molecular weight excluding hydrogens is 380 g/mol. The molecule has 1 aromatic carbocycles. The van der Waals surface area contributed by atoms with Crippen LogP contribution in [0.25, 0.3) is 21.4 Å². The lowest BCUT2D eigenvalue weighted by atomic mass is 10.2. The highest BCUT2D eigenvalue weighted by molar-refractivity contribution is 7.18. The third kappa shape index (κ3) is 3.91. The minimum absolute atomic E-state index is 0.0110. The number of nitrogens with one attached hydrogen (secondary N) is 4. The van der Waals surface area contributed by atoms with Crippen molar-refractivity contribution in [1.82, 2.24) is 19.9 Å². The van der Waals surface area contributed by atoms with Gasteiger partial charge >= 0.3 is 5.69 Å². The van der Waals surface area contributed by atoms with Crippen molar-refractivity contribution in [2.24, 2.45) is 0 Å². The molecule has 0 spiro atoms. The predicted octanol–water partition coefficient (Wildman–Crippen LogP) is 2.53. The number of hydrogen-bond donors (Lipinski definition) is 4. The van der Waals surface area contributed by atoms with E-state index in [4.69, 9.17) is 0 Å². The number of aryl methyl sites for hydroxylation is 1. The minimum atomic E-state index is -0.366. The zero-order chi connectivity index (χ0) is 19.7. The average molecular weight is 396 g/mol. The number of pyridine rings is 1. The van der Waals surface area contributed by atoms with E-state index in [1.54, 1.807) is 29.5 Å². The number of nitrogens with zero attached hydrogens (tertiary/aromatic N) is 2. The number of aromatic amines is 2. The fourth-order valence-corrected chi connectivity index (χ4v) is 3.63. The first-order valence-electron chi connectivity index (χ1n) is 8.52. The van der Waals surface area contributed by atoms with E-state index in [2.05, 4.69) is 30.6 Å². The van der Waals surface area contributed by atoms with Gasteiger partial charge < -0.3 is 15.6 Å². The Hall–Kier alpha value is -3.53. The van der Waals surface area contributed by atoms with E-state index < -0.39 is 0 Å². The lowest BCUT2D eigenvalue weighted by molar-refractivity contribution is -0.121. The summed E-state index contributed by atoms with van der Waals surface area (Å²) in [6.07, 6.45) is 0.0476. The first-order valence-corrected chi connectivity index (χ1v) is 9.34. The standard InChI is InChI=1S/C18H16N6O3S/c1-9-19-11-3-2-10(8-13(11)28-9)20-15(25)6-7-16(26)22-14-5-4-12-17(23-14)24-18(27)21-12/h2-5,8H,6-7H2,1H3,(H,20,25)(H3,21,22,23,24,26,27). The lowest BCUT2D eigenvalue weighted by Gasteiger charge is -2.06. The van der Waals surface area contributed by atoms with Crippen molar-refractivity contribution in [3.63, 3.8) is 0 Å². The van der Waals surface area contributed by atoms with E-state index in [1.807, 2.05) is 19.1 Å². The fraction of sp³-hybridized carbons (Fsp3) is 0.167. The van der Waals surface area contributed by atoms with Crippen LogP contribution in [-0.4, -0.2) is 31.8 Å². The average Bonchev–Trinajstić information content (AvgIpc) is 3.19. The van der Waals surface area contributed by atoms with E-state index in [0.29, 0.717) is 22.7 Å². The molecule has 0 unspecified atom stereocenters. The molecule has 0 bridgehead atoms. The first-order chi connectivity index (χ1) is 13.5. The van der Waals surface area contributed by atoms with Gasteiger partial charge in [-0.25, -0.2) is 14.8 Å². The topological polar surface area (TPSA) is 133 Å². The maximum atomic E-state index is 12.1. The fourth-order valence-electron chi connectivity index (χ4n) is 2.76. The number of aromatic nitrogens is 4. The van der Waals surface area contributed by atoms with Gasteiger partial charge in [0.05, 0.1) is 20.7 Å². The van der Waals surface area contributed by atoms with Gasteiger partial charge in [-0.05, 0) is 37.3 Å². The van der Waals surface area contributed by atoms with E-state index in [1.165, 1.54) is 0 Å². The maximum Gasteiger partial charge on any atom is 0.325 e. The highest BCUT2D eigenvalue weighted by Crippen LogP contribution is 2.24. The van der Waals surface area contributed by atoms with Gasteiger partial charge in [0, 0.05) is 18.5 Å². The molecule has 4 aromatic rings. The van der Waals surface area contributed by atoms with Crippen molar-refractivity contribution in [1.29, 1.82) is 0 Å². The number of hydrogen-bond acceptors (Lipinski definition) is 6. The predicted molar refractivity (Wildman–Crippen MR) is 108 cm³/mol. The molecular formula is C18H16N6O3S. The maximum absolute atomic E-state index is 12.1. The van der Waals surface area contributed by atoms with Crippen LogP contribution in [0.15, 0.2) is 35.1 Å². The minimum Gasteiger partial charge on any atom is -0.326 e. The van der Waals surface area contributed by atoms with Crippen LogP contribution in [0.5, 0.6) is 0 Å². The van der Waals surface area contributed by atoms with Gasteiger partial charge in [0.1, 0.15) is 5.82 Å². The van der Waals surface area contributed by atoms with Crippen molar-refractivity contribution in [2.75, 3.05) is 10.6 Å². The second-order valence-electron chi connectivity index (χ2n) is 6.18. The largest absolute Gasteiger partial charge is 0.326 e. The number of imidazole rings is 1. The van der Waals surface area contributed by atoms with Gasteiger partial charge in [-0.2, -0.15) is 0 Å². The molecule has 10 heteroatoms. The van der Waals surface area contributed by atoms with Crippen LogP contribution in [0.2, 0.25) is 0 Å². The smallest absolute Gasteiger partial charge is 0.325 e. The summed E-state index contributed by atoms with van der Waals surface area (Å²) in [6.45, 7) is 1.93. The highest BCUT2D eigenvalue weighted by Gasteiger charge is 2.10. The van der Waals surface area contributed by atoms with Gasteiger partial charge in [0.25, 0.3) is 0 Å². The van der Waals surface area contributed by atoms with Crippen LogP contribution >= 0.6 is 11.3 Å². The SMILES string of the molecule is Cc1nc2ccc(NC(=O)CCC(=O)Nc3ccc4[nH]c(=O)[nH]c4n3)cc2s1. The Morgan fingerprint density at radius 2 is 1.82 bits per heavy atom. The summed E-state index contributed by atoms with van der Waals surface area (Å²) in [5.41, 5.74) is 2.11. The molecule has 142 valence electrons. The molecule has 0 aliphatic carbocycles. The quantitative estimate of drug-likeness (QED) is 0.411. The van der Waals surface area contributed by atoms with Gasteiger partial charge in [-0.15, -0.1) is 11.3 Å². The number of thiazole rings is 1. The molecule has 0 radical (unpaired) electrons. The zero-order valence-electron chi connectivity index (χ0n) is 14.8. The zero-order valence-corrected chi connectivity index (χ0v) is 15.6. The summed E-state index contributed by atoms with van der Waals surface area (Å²) >= 11 is 1.56. The van der Waals surface area contributed by atoms with E-state index in [0.717, 1.165) is 15.2 Å². The Morgan fingerprint density at radius 3 is 2.64 bits per heavy atom. The van der Waals surface area contributed by atoms with Crippen LogP contribution in [0.3, 0.4) is 0 Å². The molecule has 2 amide bonds. The molecule has 0 saturated carbocycles. The van der Waals surface area contributed by atoms with Gasteiger partial charge in [-0.3, -0.25) is 14.6 Å². The molecule has 9 nitrogen and oxygen atoms in total. The number of anilines is 2. The molecule has 4 N–H and O–H groups in total. The molecule has 3 aromatic heterocycles. The second-order valence-corrected chi connectivity index (χ2v) is 7.42. The molecule has 0 aliphatic heterocycles. The normalized spacial score (nSPS) is 11.0. The van der Waals surface area contributed by atoms with Crippen LogP contribution in [0.4, 0.5) is 11.5 Å². The van der Waals surface area contributed by atoms with Crippen molar-refractivity contribution >= 4 is 56.0 Å². The summed E-state index contributed by atoms with van der Waals surface area (Å²) in [4.78, 5) is 49.0. The summed E-state index contributed by atoms with van der Waals surface area (Å²) in [5.74, 6) is -0.290. The highest BCUT2D eigenvalue weighted by atomic mass is 32.1. The van der Waals surface area contributed by atoms with Crippen LogP contribution < -0.4 is 16.3 Å². The van der Waals surface area contributed by atoms with Crippen LogP contribution in [0.1, 0.15) is 17.8 Å². The Bertz CT molecular complexity index is 1260. The monoisotopic (exact) mass is 396 g/mol. The summed E-state index contributed by atoms with van der Waals surface area (Å²) < 4.78 is 0.998. The number of H-pyrrole nitrogens is 2. The van der Waals surface area contributed by atoms with E-state index >= 15 is 0 Å². The molecule has 0 saturated heterocycles. The lowest BCUT2D eigenvalue weighted by Crippen LogP contribution is -2.17. The molecule has 0 fully saturated rings. The van der Waals surface area contributed by atoms with Crippen molar-refractivity contribution < 1.29 is 9.59 Å². The first kappa shape index (κ1) is 17.9. The summed E-state index contributed by atoms with van der Waals surface area (Å²) in [5, 5.41) is 6.37. The molecule has 0 atom stereocenters. The van der Waals surface area contributed by atoms with E-state index in [-0.39, 0.29) is 30.3 Å². The number of fused-ring (bicyclic) bond motifs is 2. The molecule has 3 heterocycles. The second kappa shape index (κ2) is 7.24. The van der Waals surface area contributed by atoms with Crippen molar-refractivity contribution in [3.05, 3.63) is 45.8 Å². The number of amides is 2. The molecule has 28 heavy (non-hydrogen) atoms. The van der Waals surface area contributed by atoms with E-state index in [9.17, 15) is 14.4 Å².